The average Bonchev–Trinajstić information content (AvgIpc) is 3.35. The normalized spacial score (nSPS) is 11.2. The highest BCUT2D eigenvalue weighted by molar-refractivity contribution is 6.43. The summed E-state index contributed by atoms with van der Waals surface area (Å²) in [6, 6.07) is 12.2. The van der Waals surface area contributed by atoms with Crippen LogP contribution < -0.4 is 0 Å². The standard InChI is InChI=1S/C22H17Cl2N3O3/c1-13-9-15(14(2)27(13)19-7-3-5-17(23)21(19)24)10-16(11-25)22(29)30-12-20(28)18-6-4-8-26-18/h3-10,26H,12H2,1-2H3. The molecule has 1 N–H and O–H groups in total. The monoisotopic (exact) mass is 441 g/mol. The van der Waals surface area contributed by atoms with Crippen LogP contribution in [0.3, 0.4) is 0 Å². The zero-order valence-electron chi connectivity index (χ0n) is 16.2. The van der Waals surface area contributed by atoms with Crippen LogP contribution in [-0.2, 0) is 9.53 Å². The van der Waals surface area contributed by atoms with Gasteiger partial charge in [-0.3, -0.25) is 4.79 Å². The first-order valence-electron chi connectivity index (χ1n) is 8.92. The molecule has 3 aromatic rings. The van der Waals surface area contributed by atoms with E-state index in [1.54, 1.807) is 30.5 Å². The van der Waals surface area contributed by atoms with E-state index in [4.69, 9.17) is 27.9 Å². The molecule has 0 atom stereocenters. The lowest BCUT2D eigenvalue weighted by atomic mass is 10.1. The van der Waals surface area contributed by atoms with Crippen molar-refractivity contribution in [3.05, 3.63) is 80.9 Å². The zero-order valence-corrected chi connectivity index (χ0v) is 17.7. The Balaban J connectivity index is 1.86. The molecule has 0 spiro atoms. The number of Topliss-reactive ketones (excluding diaryl/α,β-unsaturated/α-hetero) is 1. The fourth-order valence-corrected chi connectivity index (χ4v) is 3.43. The zero-order chi connectivity index (χ0) is 21.8. The molecule has 0 aliphatic heterocycles. The Morgan fingerprint density at radius 2 is 2.00 bits per heavy atom. The van der Waals surface area contributed by atoms with E-state index < -0.39 is 12.6 Å². The molecule has 6 nitrogen and oxygen atoms in total. The minimum Gasteiger partial charge on any atom is -0.453 e. The number of ketones is 1. The number of H-pyrrole nitrogens is 1. The van der Waals surface area contributed by atoms with Crippen molar-refractivity contribution in [3.8, 4) is 11.8 Å². The lowest BCUT2D eigenvalue weighted by Gasteiger charge is -2.12. The summed E-state index contributed by atoms with van der Waals surface area (Å²) >= 11 is 12.5. The Bertz CT molecular complexity index is 1190. The first kappa shape index (κ1) is 21.4. The van der Waals surface area contributed by atoms with Crippen LogP contribution in [-0.4, -0.2) is 27.9 Å². The molecule has 8 heteroatoms. The van der Waals surface area contributed by atoms with Gasteiger partial charge in [0.25, 0.3) is 0 Å². The fourth-order valence-electron chi connectivity index (χ4n) is 3.05. The predicted molar refractivity (Wildman–Crippen MR) is 115 cm³/mol. The van der Waals surface area contributed by atoms with E-state index in [-0.39, 0.29) is 11.4 Å². The second kappa shape index (κ2) is 9.04. The van der Waals surface area contributed by atoms with Gasteiger partial charge in [-0.2, -0.15) is 5.26 Å². The first-order chi connectivity index (χ1) is 14.3. The molecule has 0 bridgehead atoms. The van der Waals surface area contributed by atoms with Crippen molar-refractivity contribution in [2.45, 2.75) is 13.8 Å². The first-order valence-corrected chi connectivity index (χ1v) is 9.68. The number of carbonyl (C=O) groups is 2. The summed E-state index contributed by atoms with van der Waals surface area (Å²) in [5.74, 6) is -1.26. The number of aryl methyl sites for hydroxylation is 1. The Labute approximate surface area is 183 Å². The molecule has 0 saturated carbocycles. The number of aromatic nitrogens is 2. The van der Waals surface area contributed by atoms with Gasteiger partial charge in [0, 0.05) is 17.6 Å². The third-order valence-electron chi connectivity index (χ3n) is 4.52. The number of esters is 1. The van der Waals surface area contributed by atoms with Gasteiger partial charge in [-0.25, -0.2) is 4.79 Å². The molecule has 1 aromatic carbocycles. The third kappa shape index (κ3) is 4.33. The average molecular weight is 442 g/mol. The molecule has 30 heavy (non-hydrogen) atoms. The van der Waals surface area contributed by atoms with Crippen molar-refractivity contribution in [1.29, 1.82) is 5.26 Å². The number of aromatic amines is 1. The van der Waals surface area contributed by atoms with E-state index in [1.807, 2.05) is 36.6 Å². The maximum Gasteiger partial charge on any atom is 0.349 e. The maximum atomic E-state index is 12.3. The number of carbonyl (C=O) groups excluding carboxylic acids is 2. The van der Waals surface area contributed by atoms with Crippen molar-refractivity contribution in [2.75, 3.05) is 6.61 Å². The predicted octanol–water partition coefficient (Wildman–Crippen LogP) is 5.06. The van der Waals surface area contributed by atoms with Gasteiger partial charge in [-0.1, -0.05) is 29.3 Å². The number of hydrogen-bond donors (Lipinski definition) is 1. The number of rotatable bonds is 6. The molecule has 2 aromatic heterocycles. The van der Waals surface area contributed by atoms with Crippen LogP contribution >= 0.6 is 23.2 Å². The molecule has 2 heterocycles. The number of nitrogens with one attached hydrogen (secondary N) is 1. The molecule has 152 valence electrons. The van der Waals surface area contributed by atoms with Crippen LogP contribution in [0.15, 0.2) is 48.2 Å². The van der Waals surface area contributed by atoms with Gasteiger partial charge in [-0.05, 0) is 55.8 Å². The quantitative estimate of drug-likeness (QED) is 0.250. The van der Waals surface area contributed by atoms with Crippen LogP contribution in [0.1, 0.15) is 27.4 Å². The van der Waals surface area contributed by atoms with Crippen molar-refractivity contribution < 1.29 is 14.3 Å². The van der Waals surface area contributed by atoms with E-state index in [1.165, 1.54) is 6.08 Å². The minimum absolute atomic E-state index is 0.216. The van der Waals surface area contributed by atoms with E-state index in [2.05, 4.69) is 4.98 Å². The molecular formula is C22H17Cl2N3O3. The highest BCUT2D eigenvalue weighted by Gasteiger charge is 2.18. The van der Waals surface area contributed by atoms with Gasteiger partial charge < -0.3 is 14.3 Å². The molecule has 0 aliphatic rings. The van der Waals surface area contributed by atoms with Crippen LogP contribution in [0.5, 0.6) is 0 Å². The summed E-state index contributed by atoms with van der Waals surface area (Å²) in [6.45, 7) is 3.25. The molecule has 0 aliphatic carbocycles. The van der Waals surface area contributed by atoms with Gasteiger partial charge in [-0.15, -0.1) is 0 Å². The lowest BCUT2D eigenvalue weighted by molar-refractivity contribution is -0.137. The van der Waals surface area contributed by atoms with Gasteiger partial charge in [0.2, 0.25) is 5.78 Å². The molecule has 0 unspecified atom stereocenters. The van der Waals surface area contributed by atoms with Gasteiger partial charge in [0.15, 0.2) is 6.61 Å². The van der Waals surface area contributed by atoms with Crippen molar-refractivity contribution >= 4 is 41.0 Å². The molecule has 0 saturated heterocycles. The van der Waals surface area contributed by atoms with E-state index in [0.29, 0.717) is 27.0 Å². The smallest absolute Gasteiger partial charge is 0.349 e. The second-order valence-electron chi connectivity index (χ2n) is 6.49. The molecule has 3 rings (SSSR count). The second-order valence-corrected chi connectivity index (χ2v) is 7.27. The highest BCUT2D eigenvalue weighted by Crippen LogP contribution is 2.32. The van der Waals surface area contributed by atoms with Crippen LogP contribution in [0.4, 0.5) is 0 Å². The fraction of sp³-hybridized carbons (Fsp3) is 0.136. The molecule has 0 radical (unpaired) electrons. The summed E-state index contributed by atoms with van der Waals surface area (Å²) in [7, 11) is 0. The topological polar surface area (TPSA) is 87.9 Å². The Morgan fingerprint density at radius 1 is 1.23 bits per heavy atom. The Morgan fingerprint density at radius 3 is 2.67 bits per heavy atom. The summed E-state index contributed by atoms with van der Waals surface area (Å²) in [6.07, 6.45) is 3.02. The summed E-state index contributed by atoms with van der Waals surface area (Å²) in [5.41, 5.74) is 3.05. The number of ether oxygens (including phenoxy) is 1. The van der Waals surface area contributed by atoms with Crippen molar-refractivity contribution in [1.82, 2.24) is 9.55 Å². The summed E-state index contributed by atoms with van der Waals surface area (Å²) in [5, 5.41) is 10.2. The summed E-state index contributed by atoms with van der Waals surface area (Å²) < 4.78 is 6.89. The number of halogens is 2. The number of nitriles is 1. The van der Waals surface area contributed by atoms with Gasteiger partial charge in [0.1, 0.15) is 11.6 Å². The number of hydrogen-bond acceptors (Lipinski definition) is 4. The van der Waals surface area contributed by atoms with Crippen LogP contribution in [0.2, 0.25) is 10.0 Å². The maximum absolute atomic E-state index is 12.3. The Hall–Kier alpha value is -3.27. The largest absolute Gasteiger partial charge is 0.453 e. The van der Waals surface area contributed by atoms with Crippen LogP contribution in [0.25, 0.3) is 11.8 Å². The minimum atomic E-state index is -0.872. The highest BCUT2D eigenvalue weighted by atomic mass is 35.5. The van der Waals surface area contributed by atoms with Crippen LogP contribution in [0, 0.1) is 25.2 Å². The SMILES string of the molecule is Cc1cc(C=C(C#N)C(=O)OCC(=O)c2ccc[nH]2)c(C)n1-c1cccc(Cl)c1Cl. The third-order valence-corrected chi connectivity index (χ3v) is 5.32. The van der Waals surface area contributed by atoms with E-state index >= 15 is 0 Å². The van der Waals surface area contributed by atoms with E-state index in [0.717, 1.165) is 11.4 Å². The molecule has 0 fully saturated rings. The molecule has 0 amide bonds. The lowest BCUT2D eigenvalue weighted by Crippen LogP contribution is -2.15. The molecular weight excluding hydrogens is 425 g/mol. The number of benzene rings is 1. The van der Waals surface area contributed by atoms with Gasteiger partial charge >= 0.3 is 5.97 Å². The van der Waals surface area contributed by atoms with E-state index in [9.17, 15) is 14.9 Å². The Kier molecular flexibility index (Phi) is 6.46. The van der Waals surface area contributed by atoms with Crippen molar-refractivity contribution in [2.24, 2.45) is 0 Å². The van der Waals surface area contributed by atoms with Crippen molar-refractivity contribution in [3.63, 3.8) is 0 Å². The number of nitrogens with zero attached hydrogens (tertiary/aromatic N) is 2. The summed E-state index contributed by atoms with van der Waals surface area (Å²) in [4.78, 5) is 27.0. The van der Waals surface area contributed by atoms with Gasteiger partial charge in [0.05, 0.1) is 21.4 Å².